The summed E-state index contributed by atoms with van der Waals surface area (Å²) >= 11 is 7.66. The van der Waals surface area contributed by atoms with Crippen LogP contribution in [-0.2, 0) is 13.6 Å². The number of rotatable bonds is 5. The average Bonchev–Trinajstić information content (AvgIpc) is 3.14. The van der Waals surface area contributed by atoms with Crippen LogP contribution in [0, 0.1) is 0 Å². The largest absolute Gasteiger partial charge is 0.336 e. The summed E-state index contributed by atoms with van der Waals surface area (Å²) in [6.45, 7) is 0.770. The molecule has 0 aliphatic rings. The molecule has 0 aliphatic carbocycles. The Morgan fingerprint density at radius 3 is 2.71 bits per heavy atom. The van der Waals surface area contributed by atoms with Crippen molar-refractivity contribution in [2.45, 2.75) is 12.6 Å². The normalized spacial score (nSPS) is 12.5. The second-order valence-corrected chi connectivity index (χ2v) is 6.27. The van der Waals surface area contributed by atoms with E-state index in [-0.39, 0.29) is 6.04 Å². The van der Waals surface area contributed by atoms with Gasteiger partial charge < -0.3 is 4.57 Å². The van der Waals surface area contributed by atoms with Crippen LogP contribution in [0.4, 0.5) is 0 Å². The van der Waals surface area contributed by atoms with E-state index in [0.717, 1.165) is 17.4 Å². The highest BCUT2D eigenvalue weighted by Crippen LogP contribution is 2.25. The van der Waals surface area contributed by atoms with Crippen LogP contribution < -0.4 is 5.32 Å². The minimum absolute atomic E-state index is 0.0979. The number of nitrogens with one attached hydrogen (secondary N) is 1. The molecule has 0 aliphatic heterocycles. The first-order valence-corrected chi connectivity index (χ1v) is 7.98. The van der Waals surface area contributed by atoms with Crippen LogP contribution in [0.25, 0.3) is 0 Å². The summed E-state index contributed by atoms with van der Waals surface area (Å²) in [4.78, 5) is 5.75. The van der Waals surface area contributed by atoms with E-state index >= 15 is 0 Å². The molecule has 1 N–H and O–H groups in total. The molecule has 3 rings (SSSR count). The predicted octanol–water partition coefficient (Wildman–Crippen LogP) is 4.01. The molecule has 1 aromatic carbocycles. The zero-order valence-electron chi connectivity index (χ0n) is 11.7. The Labute approximate surface area is 133 Å². The van der Waals surface area contributed by atoms with Crippen molar-refractivity contribution in [2.75, 3.05) is 0 Å². The third-order valence-corrected chi connectivity index (χ3v) is 4.56. The van der Waals surface area contributed by atoms with Crippen molar-refractivity contribution in [3.63, 3.8) is 0 Å². The summed E-state index contributed by atoms with van der Waals surface area (Å²) in [6.07, 6.45) is 3.81. The summed E-state index contributed by atoms with van der Waals surface area (Å²) in [6, 6.07) is 12.2. The Kier molecular flexibility index (Phi) is 4.39. The quantitative estimate of drug-likeness (QED) is 0.770. The standard InChI is InChI=1S/C16H16ClN3S/c1-20-9-8-18-16(20)15(14-3-2-10-21-14)19-11-12-4-6-13(17)7-5-12/h2-10,15,19H,11H2,1H3. The molecule has 0 amide bonds. The lowest BCUT2D eigenvalue weighted by Gasteiger charge is -2.17. The molecule has 108 valence electrons. The van der Waals surface area contributed by atoms with Crippen LogP contribution in [0.5, 0.6) is 0 Å². The van der Waals surface area contributed by atoms with E-state index in [9.17, 15) is 0 Å². The predicted molar refractivity (Wildman–Crippen MR) is 87.7 cm³/mol. The molecule has 5 heteroatoms. The van der Waals surface area contributed by atoms with Crippen LogP contribution in [0.15, 0.2) is 54.2 Å². The molecule has 0 fully saturated rings. The van der Waals surface area contributed by atoms with Crippen LogP contribution in [-0.4, -0.2) is 9.55 Å². The molecule has 2 heterocycles. The van der Waals surface area contributed by atoms with Crippen molar-refractivity contribution in [1.82, 2.24) is 14.9 Å². The Balaban J connectivity index is 1.80. The number of thiophene rings is 1. The first kappa shape index (κ1) is 14.3. The number of halogens is 1. The van der Waals surface area contributed by atoms with Crippen molar-refractivity contribution in [3.8, 4) is 0 Å². The average molecular weight is 318 g/mol. The van der Waals surface area contributed by atoms with Crippen LogP contribution in [0.2, 0.25) is 5.02 Å². The fourth-order valence-electron chi connectivity index (χ4n) is 2.25. The third kappa shape index (κ3) is 3.35. The zero-order chi connectivity index (χ0) is 14.7. The topological polar surface area (TPSA) is 29.9 Å². The highest BCUT2D eigenvalue weighted by atomic mass is 35.5. The van der Waals surface area contributed by atoms with Crippen molar-refractivity contribution in [1.29, 1.82) is 0 Å². The van der Waals surface area contributed by atoms with Gasteiger partial charge in [0.05, 0.1) is 0 Å². The summed E-state index contributed by atoms with van der Waals surface area (Å²) in [5, 5.41) is 6.44. The molecule has 0 saturated carbocycles. The number of benzene rings is 1. The van der Waals surface area contributed by atoms with E-state index < -0.39 is 0 Å². The molecule has 21 heavy (non-hydrogen) atoms. The van der Waals surface area contributed by atoms with Crippen molar-refractivity contribution >= 4 is 22.9 Å². The number of hydrogen-bond donors (Lipinski definition) is 1. The van der Waals surface area contributed by atoms with E-state index in [1.165, 1.54) is 10.4 Å². The van der Waals surface area contributed by atoms with Gasteiger partial charge in [0.1, 0.15) is 11.9 Å². The van der Waals surface area contributed by atoms with Crippen LogP contribution >= 0.6 is 22.9 Å². The minimum Gasteiger partial charge on any atom is -0.336 e. The highest BCUT2D eigenvalue weighted by molar-refractivity contribution is 7.10. The zero-order valence-corrected chi connectivity index (χ0v) is 13.2. The highest BCUT2D eigenvalue weighted by Gasteiger charge is 2.18. The fourth-order valence-corrected chi connectivity index (χ4v) is 3.17. The number of nitrogens with zero attached hydrogens (tertiary/aromatic N) is 2. The Hall–Kier alpha value is -1.62. The smallest absolute Gasteiger partial charge is 0.131 e. The van der Waals surface area contributed by atoms with Gasteiger partial charge in [-0.3, -0.25) is 5.32 Å². The minimum atomic E-state index is 0.0979. The number of aryl methyl sites for hydroxylation is 1. The van der Waals surface area contributed by atoms with Gasteiger partial charge in [-0.15, -0.1) is 11.3 Å². The fraction of sp³-hybridized carbons (Fsp3) is 0.188. The molecule has 1 atom stereocenters. The second-order valence-electron chi connectivity index (χ2n) is 4.85. The Morgan fingerprint density at radius 1 is 1.29 bits per heavy atom. The lowest BCUT2D eigenvalue weighted by molar-refractivity contribution is 0.565. The van der Waals surface area contributed by atoms with E-state index in [4.69, 9.17) is 11.6 Å². The maximum atomic E-state index is 5.93. The molecule has 0 radical (unpaired) electrons. The number of hydrogen-bond acceptors (Lipinski definition) is 3. The maximum Gasteiger partial charge on any atom is 0.131 e. The molecule has 2 aromatic heterocycles. The summed E-state index contributed by atoms with van der Waals surface area (Å²) in [7, 11) is 2.02. The summed E-state index contributed by atoms with van der Waals surface area (Å²) in [5.41, 5.74) is 1.20. The van der Waals surface area contributed by atoms with E-state index in [2.05, 4.69) is 32.4 Å². The Morgan fingerprint density at radius 2 is 2.10 bits per heavy atom. The maximum absolute atomic E-state index is 5.93. The SMILES string of the molecule is Cn1ccnc1C(NCc1ccc(Cl)cc1)c1cccs1. The van der Waals surface area contributed by atoms with Gasteiger partial charge in [0.15, 0.2) is 0 Å². The Bertz CT molecular complexity index is 689. The summed E-state index contributed by atoms with van der Waals surface area (Å²) < 4.78 is 2.05. The molecule has 0 spiro atoms. The lowest BCUT2D eigenvalue weighted by Crippen LogP contribution is -2.24. The van der Waals surface area contributed by atoms with Crippen molar-refractivity contribution in [2.24, 2.45) is 7.05 Å². The summed E-state index contributed by atoms with van der Waals surface area (Å²) in [5.74, 6) is 1.02. The van der Waals surface area contributed by atoms with Gasteiger partial charge in [-0.25, -0.2) is 4.98 Å². The molecule has 3 nitrogen and oxygen atoms in total. The third-order valence-electron chi connectivity index (χ3n) is 3.37. The van der Waals surface area contributed by atoms with Gasteiger partial charge in [0.25, 0.3) is 0 Å². The van der Waals surface area contributed by atoms with Crippen LogP contribution in [0.3, 0.4) is 0 Å². The monoisotopic (exact) mass is 317 g/mol. The van der Waals surface area contributed by atoms with Gasteiger partial charge in [-0.05, 0) is 29.1 Å². The van der Waals surface area contributed by atoms with Gasteiger partial charge in [-0.2, -0.15) is 0 Å². The van der Waals surface area contributed by atoms with Gasteiger partial charge in [0.2, 0.25) is 0 Å². The van der Waals surface area contributed by atoms with E-state index in [0.29, 0.717) is 0 Å². The first-order valence-electron chi connectivity index (χ1n) is 6.72. The molecule has 0 saturated heterocycles. The van der Waals surface area contributed by atoms with E-state index in [1.54, 1.807) is 11.3 Å². The van der Waals surface area contributed by atoms with Crippen molar-refractivity contribution < 1.29 is 0 Å². The molecule has 1 unspecified atom stereocenters. The lowest BCUT2D eigenvalue weighted by atomic mass is 10.2. The number of aromatic nitrogens is 2. The van der Waals surface area contributed by atoms with Crippen molar-refractivity contribution in [3.05, 3.63) is 75.5 Å². The van der Waals surface area contributed by atoms with Crippen LogP contribution in [0.1, 0.15) is 22.3 Å². The van der Waals surface area contributed by atoms with E-state index in [1.807, 2.05) is 43.7 Å². The van der Waals surface area contributed by atoms with Gasteiger partial charge >= 0.3 is 0 Å². The van der Waals surface area contributed by atoms with Gasteiger partial charge in [0, 0.05) is 35.9 Å². The molecular weight excluding hydrogens is 302 g/mol. The second kappa shape index (κ2) is 6.43. The van der Waals surface area contributed by atoms with Gasteiger partial charge in [-0.1, -0.05) is 29.8 Å². The molecule has 3 aromatic rings. The molecular formula is C16H16ClN3S. The number of imidazole rings is 1. The first-order chi connectivity index (χ1) is 10.2. The molecule has 0 bridgehead atoms.